The van der Waals surface area contributed by atoms with Crippen LogP contribution in [0.4, 0.5) is 0 Å². The second-order valence-electron chi connectivity index (χ2n) is 4.61. The predicted molar refractivity (Wildman–Crippen MR) is 78.6 cm³/mol. The quantitative estimate of drug-likeness (QED) is 0.721. The molecule has 0 saturated carbocycles. The van der Waals surface area contributed by atoms with Gasteiger partial charge in [-0.3, -0.25) is 4.68 Å². The molecule has 0 saturated heterocycles. The summed E-state index contributed by atoms with van der Waals surface area (Å²) in [6, 6.07) is 7.48. The molecule has 0 unspecified atom stereocenters. The van der Waals surface area contributed by atoms with Crippen LogP contribution in [0.15, 0.2) is 36.8 Å². The number of ether oxygens (including phenoxy) is 2. The first-order valence-corrected chi connectivity index (χ1v) is 6.81. The molecule has 3 aromatic rings. The van der Waals surface area contributed by atoms with Crippen LogP contribution in [-0.2, 0) is 7.05 Å². The van der Waals surface area contributed by atoms with Crippen molar-refractivity contribution in [1.29, 1.82) is 0 Å². The minimum atomic E-state index is 0.496. The fourth-order valence-corrected chi connectivity index (χ4v) is 1.96. The number of hydrogen-bond donors (Lipinski definition) is 0. The molecule has 0 radical (unpaired) electrons. The van der Waals surface area contributed by atoms with E-state index in [4.69, 9.17) is 9.47 Å². The summed E-state index contributed by atoms with van der Waals surface area (Å²) < 4.78 is 13.0. The third-order valence-electron chi connectivity index (χ3n) is 3.00. The number of nitrogens with zero attached hydrogens (tertiary/aromatic N) is 4. The topological polar surface area (TPSA) is 62.1 Å². The Hall–Kier alpha value is -2.63. The highest BCUT2D eigenvalue weighted by Crippen LogP contribution is 2.27. The average Bonchev–Trinajstić information content (AvgIpc) is 2.89. The molecule has 2 heterocycles. The molecule has 0 amide bonds. The molecule has 0 aliphatic carbocycles. The molecule has 108 valence electrons. The molecule has 0 atom stereocenters. The van der Waals surface area contributed by atoms with E-state index in [1.54, 1.807) is 10.9 Å². The number of rotatable bonds is 5. The van der Waals surface area contributed by atoms with Crippen molar-refractivity contribution in [2.24, 2.45) is 7.05 Å². The number of benzene rings is 1. The molecule has 0 bridgehead atoms. The second kappa shape index (κ2) is 5.78. The summed E-state index contributed by atoms with van der Waals surface area (Å²) >= 11 is 0. The minimum absolute atomic E-state index is 0.496. The van der Waals surface area contributed by atoms with E-state index < -0.39 is 0 Å². The van der Waals surface area contributed by atoms with Gasteiger partial charge in [0.1, 0.15) is 23.2 Å². The van der Waals surface area contributed by atoms with Crippen LogP contribution in [0.1, 0.15) is 13.3 Å². The Bertz CT molecular complexity index is 737. The smallest absolute Gasteiger partial charge is 0.233 e. The van der Waals surface area contributed by atoms with Crippen molar-refractivity contribution in [1.82, 2.24) is 19.7 Å². The van der Waals surface area contributed by atoms with Gasteiger partial charge in [-0.05, 0) is 30.7 Å². The van der Waals surface area contributed by atoms with Crippen LogP contribution in [0.2, 0.25) is 0 Å². The highest BCUT2D eigenvalue weighted by Gasteiger charge is 2.09. The first-order valence-electron chi connectivity index (χ1n) is 6.81. The molecule has 0 aliphatic rings. The van der Waals surface area contributed by atoms with E-state index in [1.807, 2.05) is 31.3 Å². The normalized spacial score (nSPS) is 10.8. The Balaban J connectivity index is 1.82. The van der Waals surface area contributed by atoms with Gasteiger partial charge in [0.05, 0.1) is 12.8 Å². The molecule has 0 N–H and O–H groups in total. The molecular formula is C15H16N4O2. The maximum Gasteiger partial charge on any atom is 0.233 e. The molecule has 0 aliphatic heterocycles. The maximum atomic E-state index is 5.80. The minimum Gasteiger partial charge on any atom is -0.494 e. The van der Waals surface area contributed by atoms with Gasteiger partial charge in [0.25, 0.3) is 0 Å². The zero-order valence-electron chi connectivity index (χ0n) is 12.0. The number of fused-ring (bicyclic) bond motifs is 1. The summed E-state index contributed by atoms with van der Waals surface area (Å²) in [4.78, 5) is 8.35. The maximum absolute atomic E-state index is 5.80. The molecule has 6 heteroatoms. The standard InChI is InChI=1S/C15H16N4O2/c1-3-8-20-11-4-6-12(7-5-11)21-15-13-9-18-19(2)14(13)16-10-17-15/h4-7,9-10H,3,8H2,1-2H3. The summed E-state index contributed by atoms with van der Waals surface area (Å²) in [6.07, 6.45) is 4.15. The van der Waals surface area contributed by atoms with E-state index in [2.05, 4.69) is 22.0 Å². The molecule has 6 nitrogen and oxygen atoms in total. The van der Waals surface area contributed by atoms with Crippen LogP contribution < -0.4 is 9.47 Å². The third-order valence-corrected chi connectivity index (χ3v) is 3.00. The number of hydrogen-bond acceptors (Lipinski definition) is 5. The van der Waals surface area contributed by atoms with E-state index in [0.29, 0.717) is 18.2 Å². The summed E-state index contributed by atoms with van der Waals surface area (Å²) in [5.74, 6) is 2.02. The van der Waals surface area contributed by atoms with E-state index in [1.165, 1.54) is 6.33 Å². The van der Waals surface area contributed by atoms with Crippen LogP contribution in [-0.4, -0.2) is 26.4 Å². The predicted octanol–water partition coefficient (Wildman–Crippen LogP) is 2.94. The molecule has 21 heavy (non-hydrogen) atoms. The Morgan fingerprint density at radius 3 is 2.62 bits per heavy atom. The lowest BCUT2D eigenvalue weighted by Crippen LogP contribution is -1.95. The van der Waals surface area contributed by atoms with Crippen molar-refractivity contribution < 1.29 is 9.47 Å². The van der Waals surface area contributed by atoms with E-state index >= 15 is 0 Å². The van der Waals surface area contributed by atoms with Crippen molar-refractivity contribution in [2.45, 2.75) is 13.3 Å². The fraction of sp³-hybridized carbons (Fsp3) is 0.267. The van der Waals surface area contributed by atoms with Gasteiger partial charge in [0, 0.05) is 7.05 Å². The molecule has 0 fully saturated rings. The largest absolute Gasteiger partial charge is 0.494 e. The van der Waals surface area contributed by atoms with Gasteiger partial charge in [-0.15, -0.1) is 0 Å². The SMILES string of the molecule is CCCOc1ccc(Oc2ncnc3c2cnn3C)cc1. The molecule has 0 spiro atoms. The average molecular weight is 284 g/mol. The van der Waals surface area contributed by atoms with Crippen molar-refractivity contribution in [3.8, 4) is 17.4 Å². The van der Waals surface area contributed by atoms with Crippen molar-refractivity contribution in [2.75, 3.05) is 6.61 Å². The highest BCUT2D eigenvalue weighted by atomic mass is 16.5. The molecule has 1 aromatic carbocycles. The zero-order chi connectivity index (χ0) is 14.7. The van der Waals surface area contributed by atoms with Crippen LogP contribution in [0.25, 0.3) is 11.0 Å². The number of aromatic nitrogens is 4. The lowest BCUT2D eigenvalue weighted by Gasteiger charge is -2.07. The van der Waals surface area contributed by atoms with Gasteiger partial charge in [-0.2, -0.15) is 5.10 Å². The number of aryl methyl sites for hydroxylation is 1. The first-order chi connectivity index (χ1) is 10.3. The third kappa shape index (κ3) is 2.79. The summed E-state index contributed by atoms with van der Waals surface area (Å²) in [7, 11) is 1.83. The molecule has 3 rings (SSSR count). The second-order valence-corrected chi connectivity index (χ2v) is 4.61. The molecular weight excluding hydrogens is 268 g/mol. The van der Waals surface area contributed by atoms with Gasteiger partial charge >= 0.3 is 0 Å². The van der Waals surface area contributed by atoms with Gasteiger partial charge < -0.3 is 9.47 Å². The van der Waals surface area contributed by atoms with E-state index in [9.17, 15) is 0 Å². The van der Waals surface area contributed by atoms with Crippen molar-refractivity contribution >= 4 is 11.0 Å². The van der Waals surface area contributed by atoms with Crippen LogP contribution >= 0.6 is 0 Å². The van der Waals surface area contributed by atoms with Gasteiger partial charge in [0.15, 0.2) is 5.65 Å². The van der Waals surface area contributed by atoms with Crippen molar-refractivity contribution in [3.05, 3.63) is 36.8 Å². The first kappa shape index (κ1) is 13.4. The lowest BCUT2D eigenvalue weighted by atomic mass is 10.3. The van der Waals surface area contributed by atoms with Gasteiger partial charge in [0.2, 0.25) is 5.88 Å². The Kier molecular flexibility index (Phi) is 3.68. The Labute approximate surface area is 122 Å². The monoisotopic (exact) mass is 284 g/mol. The zero-order valence-corrected chi connectivity index (χ0v) is 12.0. The van der Waals surface area contributed by atoms with Gasteiger partial charge in [-0.1, -0.05) is 6.92 Å². The highest BCUT2D eigenvalue weighted by molar-refractivity contribution is 5.79. The molecule has 2 aromatic heterocycles. The van der Waals surface area contributed by atoms with E-state index in [0.717, 1.165) is 23.2 Å². The van der Waals surface area contributed by atoms with Crippen LogP contribution in [0.3, 0.4) is 0 Å². The van der Waals surface area contributed by atoms with Crippen LogP contribution in [0.5, 0.6) is 17.4 Å². The Morgan fingerprint density at radius 1 is 1.10 bits per heavy atom. The van der Waals surface area contributed by atoms with Crippen molar-refractivity contribution in [3.63, 3.8) is 0 Å². The Morgan fingerprint density at radius 2 is 1.86 bits per heavy atom. The lowest BCUT2D eigenvalue weighted by molar-refractivity contribution is 0.317. The fourth-order valence-electron chi connectivity index (χ4n) is 1.96. The summed E-state index contributed by atoms with van der Waals surface area (Å²) in [5, 5.41) is 4.94. The summed E-state index contributed by atoms with van der Waals surface area (Å²) in [5.41, 5.74) is 0.739. The van der Waals surface area contributed by atoms with E-state index in [-0.39, 0.29) is 0 Å². The van der Waals surface area contributed by atoms with Gasteiger partial charge in [-0.25, -0.2) is 9.97 Å². The summed E-state index contributed by atoms with van der Waals surface area (Å²) in [6.45, 7) is 2.79. The van der Waals surface area contributed by atoms with Crippen LogP contribution in [0, 0.1) is 0 Å².